The lowest BCUT2D eigenvalue weighted by atomic mass is 10.1. The Morgan fingerprint density at radius 1 is 0.714 bits per heavy atom. The largest absolute Gasteiger partial charge is 0.311 e. The van der Waals surface area contributed by atoms with Gasteiger partial charge in [-0.1, -0.05) is 89.0 Å². The Bertz CT molecular complexity index is 843. The smallest absolute Gasteiger partial charge is 0.0968 e. The molecule has 0 bridgehead atoms. The third kappa shape index (κ3) is 6.27. The molecule has 2 aromatic heterocycles. The minimum atomic E-state index is 0.830. The number of unbranched alkanes of at least 4 members (excludes halogenated alkanes) is 9. The molecule has 0 amide bonds. The molecule has 0 atom stereocenters. The van der Waals surface area contributed by atoms with Crippen LogP contribution in [0, 0.1) is 0 Å². The van der Waals surface area contributed by atoms with E-state index in [1.165, 1.54) is 64.2 Å². The van der Waals surface area contributed by atoms with E-state index in [1.54, 1.807) is 0 Å². The molecule has 2 heterocycles. The van der Waals surface area contributed by atoms with Crippen LogP contribution in [-0.2, 0) is 6.54 Å². The summed E-state index contributed by atoms with van der Waals surface area (Å²) < 4.78 is 0. The van der Waals surface area contributed by atoms with Gasteiger partial charge >= 0.3 is 0 Å². The van der Waals surface area contributed by atoms with E-state index in [4.69, 9.17) is 4.98 Å². The van der Waals surface area contributed by atoms with E-state index < -0.39 is 0 Å². The first kappa shape index (κ1) is 20.7. The average Bonchev–Trinajstić information content (AvgIpc) is 2.74. The summed E-state index contributed by atoms with van der Waals surface area (Å²) in [5.74, 6) is 0. The zero-order valence-electron chi connectivity index (χ0n) is 17.4. The second-order valence-electron chi connectivity index (χ2n) is 7.87. The standard InChI is InChI=1S/C25H35N3/c1-2-3-4-5-6-7-8-9-10-11-18-26-20-23-17-16-22-15-14-21-13-12-19-27-24(21)25(22)28-23/h12-17,19,26H,2-11,18,20H2,1H3. The van der Waals surface area contributed by atoms with E-state index in [2.05, 4.69) is 47.6 Å². The van der Waals surface area contributed by atoms with Crippen molar-refractivity contribution in [3.8, 4) is 0 Å². The molecule has 0 saturated heterocycles. The summed E-state index contributed by atoms with van der Waals surface area (Å²) in [5, 5.41) is 5.86. The number of fused-ring (bicyclic) bond motifs is 3. The van der Waals surface area contributed by atoms with Crippen LogP contribution in [0.3, 0.4) is 0 Å². The molecule has 0 aliphatic carbocycles. The Morgan fingerprint density at radius 3 is 2.11 bits per heavy atom. The van der Waals surface area contributed by atoms with Crippen LogP contribution in [0.4, 0.5) is 0 Å². The molecule has 150 valence electrons. The lowest BCUT2D eigenvalue weighted by molar-refractivity contribution is 0.542. The van der Waals surface area contributed by atoms with Gasteiger partial charge in [0.25, 0.3) is 0 Å². The van der Waals surface area contributed by atoms with Crippen molar-refractivity contribution < 1.29 is 0 Å². The number of nitrogens with zero attached hydrogens (tertiary/aromatic N) is 2. The van der Waals surface area contributed by atoms with E-state index in [0.717, 1.165) is 40.6 Å². The highest BCUT2D eigenvalue weighted by Gasteiger charge is 2.04. The van der Waals surface area contributed by atoms with Crippen molar-refractivity contribution in [1.82, 2.24) is 15.3 Å². The van der Waals surface area contributed by atoms with Gasteiger partial charge in [0.05, 0.1) is 16.7 Å². The second-order valence-corrected chi connectivity index (χ2v) is 7.87. The average molecular weight is 378 g/mol. The number of aromatic nitrogens is 2. The summed E-state index contributed by atoms with van der Waals surface area (Å²) >= 11 is 0. The van der Waals surface area contributed by atoms with Gasteiger partial charge in [0.15, 0.2) is 0 Å². The Labute approximate surface area is 170 Å². The lowest BCUT2D eigenvalue weighted by Crippen LogP contribution is -2.15. The molecular formula is C25H35N3. The van der Waals surface area contributed by atoms with Gasteiger partial charge in [-0.25, -0.2) is 4.98 Å². The van der Waals surface area contributed by atoms with Crippen molar-refractivity contribution in [1.29, 1.82) is 0 Å². The van der Waals surface area contributed by atoms with Gasteiger partial charge in [-0.15, -0.1) is 0 Å². The maximum atomic E-state index is 4.87. The molecule has 3 nitrogen and oxygen atoms in total. The third-order valence-corrected chi connectivity index (χ3v) is 5.50. The lowest BCUT2D eigenvalue weighted by Gasteiger charge is -2.07. The fourth-order valence-corrected chi connectivity index (χ4v) is 3.82. The molecule has 1 aromatic carbocycles. The van der Waals surface area contributed by atoms with E-state index in [-0.39, 0.29) is 0 Å². The Hall–Kier alpha value is -2.00. The van der Waals surface area contributed by atoms with Crippen LogP contribution in [0.25, 0.3) is 21.8 Å². The molecule has 0 radical (unpaired) electrons. The zero-order chi connectivity index (χ0) is 19.4. The van der Waals surface area contributed by atoms with Gasteiger partial charge in [0.1, 0.15) is 0 Å². The molecular weight excluding hydrogens is 342 g/mol. The summed E-state index contributed by atoms with van der Waals surface area (Å²) in [6, 6.07) is 12.6. The maximum absolute atomic E-state index is 4.87. The van der Waals surface area contributed by atoms with Gasteiger partial charge in [-0.05, 0) is 25.1 Å². The first-order valence-electron chi connectivity index (χ1n) is 11.2. The van der Waals surface area contributed by atoms with Crippen LogP contribution in [0.1, 0.15) is 76.8 Å². The fourth-order valence-electron chi connectivity index (χ4n) is 3.82. The van der Waals surface area contributed by atoms with E-state index >= 15 is 0 Å². The van der Waals surface area contributed by atoms with E-state index in [1.807, 2.05) is 12.3 Å². The number of nitrogens with one attached hydrogen (secondary N) is 1. The first-order valence-corrected chi connectivity index (χ1v) is 11.2. The predicted octanol–water partition coefficient (Wildman–Crippen LogP) is 6.79. The first-order chi connectivity index (χ1) is 13.9. The molecule has 1 N–H and O–H groups in total. The summed E-state index contributed by atoms with van der Waals surface area (Å²) in [7, 11) is 0. The number of benzene rings is 1. The Kier molecular flexibility index (Phi) is 8.70. The SMILES string of the molecule is CCCCCCCCCCCCNCc1ccc2ccc3cccnc3c2n1. The Morgan fingerprint density at radius 2 is 1.36 bits per heavy atom. The Balaban J connectivity index is 1.34. The molecule has 0 saturated carbocycles. The summed E-state index contributed by atoms with van der Waals surface area (Å²) in [6.45, 7) is 4.18. The van der Waals surface area contributed by atoms with Crippen molar-refractivity contribution >= 4 is 21.8 Å². The van der Waals surface area contributed by atoms with Crippen molar-refractivity contribution in [2.24, 2.45) is 0 Å². The molecule has 3 heteroatoms. The normalized spacial score (nSPS) is 11.5. The molecule has 0 fully saturated rings. The number of hydrogen-bond acceptors (Lipinski definition) is 3. The van der Waals surface area contributed by atoms with Gasteiger partial charge in [-0.3, -0.25) is 4.98 Å². The summed E-state index contributed by atoms with van der Waals surface area (Å²) in [5.41, 5.74) is 3.10. The molecule has 0 spiro atoms. The molecule has 3 aromatic rings. The van der Waals surface area contributed by atoms with Gasteiger partial charge in [0.2, 0.25) is 0 Å². The van der Waals surface area contributed by atoms with Gasteiger partial charge in [0, 0.05) is 23.5 Å². The fraction of sp³-hybridized carbons (Fsp3) is 0.520. The molecule has 28 heavy (non-hydrogen) atoms. The van der Waals surface area contributed by atoms with Gasteiger partial charge in [-0.2, -0.15) is 0 Å². The van der Waals surface area contributed by atoms with Crippen LogP contribution < -0.4 is 5.32 Å². The summed E-state index contributed by atoms with van der Waals surface area (Å²) in [6.07, 6.45) is 15.7. The quantitative estimate of drug-likeness (QED) is 0.263. The van der Waals surface area contributed by atoms with Crippen LogP contribution in [0.2, 0.25) is 0 Å². The predicted molar refractivity (Wildman–Crippen MR) is 121 cm³/mol. The number of pyridine rings is 2. The van der Waals surface area contributed by atoms with Crippen LogP contribution in [-0.4, -0.2) is 16.5 Å². The van der Waals surface area contributed by atoms with E-state index in [9.17, 15) is 0 Å². The van der Waals surface area contributed by atoms with E-state index in [0.29, 0.717) is 0 Å². The van der Waals surface area contributed by atoms with Crippen molar-refractivity contribution in [2.45, 2.75) is 77.7 Å². The molecule has 3 rings (SSSR count). The second kappa shape index (κ2) is 11.8. The van der Waals surface area contributed by atoms with Crippen LogP contribution in [0.15, 0.2) is 42.6 Å². The van der Waals surface area contributed by atoms with Crippen molar-refractivity contribution in [2.75, 3.05) is 6.54 Å². The monoisotopic (exact) mass is 377 g/mol. The molecule has 0 aliphatic rings. The highest BCUT2D eigenvalue weighted by molar-refractivity contribution is 6.02. The number of hydrogen-bond donors (Lipinski definition) is 1. The van der Waals surface area contributed by atoms with Crippen LogP contribution in [0.5, 0.6) is 0 Å². The highest BCUT2D eigenvalue weighted by atomic mass is 14.9. The minimum Gasteiger partial charge on any atom is -0.311 e. The highest BCUT2D eigenvalue weighted by Crippen LogP contribution is 2.22. The van der Waals surface area contributed by atoms with Crippen molar-refractivity contribution in [3.63, 3.8) is 0 Å². The van der Waals surface area contributed by atoms with Crippen molar-refractivity contribution in [3.05, 3.63) is 48.3 Å². The molecule has 0 unspecified atom stereocenters. The van der Waals surface area contributed by atoms with Gasteiger partial charge < -0.3 is 5.32 Å². The topological polar surface area (TPSA) is 37.8 Å². The third-order valence-electron chi connectivity index (χ3n) is 5.50. The maximum Gasteiger partial charge on any atom is 0.0968 e. The number of rotatable bonds is 13. The summed E-state index contributed by atoms with van der Waals surface area (Å²) in [4.78, 5) is 9.40. The minimum absolute atomic E-state index is 0.830. The van der Waals surface area contributed by atoms with Crippen LogP contribution >= 0.6 is 0 Å². The molecule has 0 aliphatic heterocycles. The zero-order valence-corrected chi connectivity index (χ0v) is 17.4.